The van der Waals surface area contributed by atoms with Gasteiger partial charge in [0.2, 0.25) is 11.8 Å². The van der Waals surface area contributed by atoms with E-state index in [0.717, 1.165) is 34.5 Å². The van der Waals surface area contributed by atoms with Crippen molar-refractivity contribution in [1.29, 1.82) is 0 Å². The molecule has 1 aromatic heterocycles. The molecule has 0 saturated heterocycles. The van der Waals surface area contributed by atoms with E-state index in [4.69, 9.17) is 0 Å². The molecule has 0 fully saturated rings. The van der Waals surface area contributed by atoms with Crippen LogP contribution in [0.15, 0.2) is 60.3 Å². The number of carbonyl (C=O) groups is 2. The van der Waals surface area contributed by atoms with Crippen molar-refractivity contribution in [3.8, 4) is 0 Å². The number of nitrogens with one attached hydrogen (secondary N) is 2. The summed E-state index contributed by atoms with van der Waals surface area (Å²) in [6.07, 6.45) is 2.62. The Hall–Kier alpha value is -3.39. The van der Waals surface area contributed by atoms with Crippen molar-refractivity contribution in [1.82, 2.24) is 14.8 Å². The van der Waals surface area contributed by atoms with Gasteiger partial charge in [-0.2, -0.15) is 0 Å². The van der Waals surface area contributed by atoms with Gasteiger partial charge in [-0.3, -0.25) is 9.59 Å². The second-order valence-electron chi connectivity index (χ2n) is 7.69. The molecule has 1 heterocycles. The number of aromatic nitrogens is 3. The van der Waals surface area contributed by atoms with Crippen molar-refractivity contribution in [2.24, 2.45) is 0 Å². The maximum atomic E-state index is 12.7. The number of nitrogens with zero attached hydrogens (tertiary/aromatic N) is 3. The SMILES string of the molecule is C=CCn1c(CC(=O)Nc2ccccc2CC)nnc1SCC(=O)Nc1cc(C)ccc1C. The molecule has 2 amide bonds. The Labute approximate surface area is 198 Å². The average Bonchev–Trinajstić information content (AvgIpc) is 3.16. The van der Waals surface area contributed by atoms with Gasteiger partial charge < -0.3 is 15.2 Å². The van der Waals surface area contributed by atoms with Crippen molar-refractivity contribution in [2.45, 2.75) is 45.3 Å². The standard InChI is InChI=1S/C25H29N5O2S/c1-5-13-30-22(15-23(31)26-20-10-8-7-9-19(20)6-2)28-29-25(30)33-16-24(32)27-21-14-17(3)11-12-18(21)4/h5,7-12,14H,1,6,13,15-16H2,2-4H3,(H,26,31)(H,27,32). The van der Waals surface area contributed by atoms with Gasteiger partial charge in [0.25, 0.3) is 0 Å². The van der Waals surface area contributed by atoms with Crippen LogP contribution in [0, 0.1) is 13.8 Å². The highest BCUT2D eigenvalue weighted by Crippen LogP contribution is 2.21. The van der Waals surface area contributed by atoms with Gasteiger partial charge in [0.1, 0.15) is 5.82 Å². The lowest BCUT2D eigenvalue weighted by Crippen LogP contribution is -2.19. The first-order chi connectivity index (χ1) is 15.9. The molecule has 0 bridgehead atoms. The smallest absolute Gasteiger partial charge is 0.234 e. The van der Waals surface area contributed by atoms with E-state index >= 15 is 0 Å². The molecule has 0 unspecified atom stereocenters. The number of rotatable bonds is 10. The first-order valence-corrected chi connectivity index (χ1v) is 11.8. The number of benzene rings is 2. The van der Waals surface area contributed by atoms with Crippen LogP contribution in [0.1, 0.15) is 29.4 Å². The Morgan fingerprint density at radius 1 is 1.06 bits per heavy atom. The van der Waals surface area contributed by atoms with Gasteiger partial charge in [0.05, 0.1) is 12.2 Å². The van der Waals surface area contributed by atoms with Gasteiger partial charge in [-0.15, -0.1) is 16.8 Å². The number of allylic oxidation sites excluding steroid dienone is 1. The molecule has 8 heteroatoms. The highest BCUT2D eigenvalue weighted by Gasteiger charge is 2.17. The molecule has 7 nitrogen and oxygen atoms in total. The number of thioether (sulfide) groups is 1. The fourth-order valence-corrected chi connectivity index (χ4v) is 4.11. The molecule has 0 atom stereocenters. The zero-order valence-corrected chi connectivity index (χ0v) is 20.0. The molecule has 0 aliphatic rings. The number of aryl methyl sites for hydroxylation is 3. The van der Waals surface area contributed by atoms with Crippen LogP contribution >= 0.6 is 11.8 Å². The Morgan fingerprint density at radius 2 is 1.82 bits per heavy atom. The summed E-state index contributed by atoms with van der Waals surface area (Å²) in [6, 6.07) is 13.7. The van der Waals surface area contributed by atoms with Gasteiger partial charge in [-0.25, -0.2) is 0 Å². The van der Waals surface area contributed by atoms with E-state index in [1.807, 2.05) is 67.8 Å². The number of carbonyl (C=O) groups excluding carboxylic acids is 2. The highest BCUT2D eigenvalue weighted by molar-refractivity contribution is 7.99. The predicted octanol–water partition coefficient (Wildman–Crippen LogP) is 4.56. The molecule has 3 rings (SSSR count). The van der Waals surface area contributed by atoms with E-state index in [2.05, 4.69) is 27.4 Å². The van der Waals surface area contributed by atoms with Gasteiger partial charge >= 0.3 is 0 Å². The number of hydrogen-bond acceptors (Lipinski definition) is 5. The fraction of sp³-hybridized carbons (Fsp3) is 0.280. The Kier molecular flexibility index (Phi) is 8.43. The number of amides is 2. The van der Waals surface area contributed by atoms with Crippen molar-refractivity contribution >= 4 is 35.0 Å². The molecule has 2 aromatic carbocycles. The van der Waals surface area contributed by atoms with Crippen molar-refractivity contribution in [3.63, 3.8) is 0 Å². The van der Waals surface area contributed by atoms with E-state index in [0.29, 0.717) is 17.5 Å². The topological polar surface area (TPSA) is 88.9 Å². The lowest BCUT2D eigenvalue weighted by Gasteiger charge is -2.11. The fourth-order valence-electron chi connectivity index (χ4n) is 3.34. The first-order valence-electron chi connectivity index (χ1n) is 10.8. The summed E-state index contributed by atoms with van der Waals surface area (Å²) in [6.45, 7) is 10.2. The zero-order valence-electron chi connectivity index (χ0n) is 19.2. The maximum Gasteiger partial charge on any atom is 0.234 e. The van der Waals surface area contributed by atoms with Crippen molar-refractivity contribution in [3.05, 3.63) is 77.6 Å². The molecule has 33 heavy (non-hydrogen) atoms. The van der Waals surface area contributed by atoms with Crippen LogP contribution < -0.4 is 10.6 Å². The van der Waals surface area contributed by atoms with Crippen molar-refractivity contribution in [2.75, 3.05) is 16.4 Å². The Balaban J connectivity index is 1.65. The van der Waals surface area contributed by atoms with Crippen LogP contribution in [-0.4, -0.2) is 32.3 Å². The number of hydrogen-bond donors (Lipinski definition) is 2. The Morgan fingerprint density at radius 3 is 2.58 bits per heavy atom. The normalized spacial score (nSPS) is 10.6. The summed E-state index contributed by atoms with van der Waals surface area (Å²) in [5.74, 6) is 0.410. The van der Waals surface area contributed by atoms with Gasteiger partial charge in [0, 0.05) is 17.9 Å². The monoisotopic (exact) mass is 463 g/mol. The van der Waals surface area contributed by atoms with E-state index in [9.17, 15) is 9.59 Å². The van der Waals surface area contributed by atoms with Gasteiger partial charge in [-0.1, -0.05) is 55.1 Å². The third-order valence-corrected chi connectivity index (χ3v) is 6.06. The van der Waals surface area contributed by atoms with Crippen molar-refractivity contribution < 1.29 is 9.59 Å². The van der Waals surface area contributed by atoms with E-state index in [1.54, 1.807) is 6.08 Å². The summed E-state index contributed by atoms with van der Waals surface area (Å²) in [4.78, 5) is 25.1. The van der Waals surface area contributed by atoms with Crippen LogP contribution in [0.25, 0.3) is 0 Å². The second-order valence-corrected chi connectivity index (χ2v) is 8.63. The summed E-state index contributed by atoms with van der Waals surface area (Å²) in [7, 11) is 0. The molecule has 0 saturated carbocycles. The lowest BCUT2D eigenvalue weighted by molar-refractivity contribution is -0.116. The minimum atomic E-state index is -0.169. The van der Waals surface area contributed by atoms with Crippen LogP contribution in [0.4, 0.5) is 11.4 Å². The maximum absolute atomic E-state index is 12.7. The third-order valence-electron chi connectivity index (χ3n) is 5.10. The number of para-hydroxylation sites is 1. The van der Waals surface area contributed by atoms with E-state index in [-0.39, 0.29) is 24.0 Å². The first kappa shape index (κ1) is 24.3. The molecular formula is C25H29N5O2S. The minimum Gasteiger partial charge on any atom is -0.325 e. The molecule has 0 aliphatic carbocycles. The van der Waals surface area contributed by atoms with Gasteiger partial charge in [-0.05, 0) is 49.1 Å². The van der Waals surface area contributed by atoms with Crippen LogP contribution in [0.5, 0.6) is 0 Å². The zero-order chi connectivity index (χ0) is 23.8. The molecule has 172 valence electrons. The van der Waals surface area contributed by atoms with E-state index < -0.39 is 0 Å². The summed E-state index contributed by atoms with van der Waals surface area (Å²) in [5.41, 5.74) is 4.77. The largest absolute Gasteiger partial charge is 0.325 e. The Bertz CT molecular complexity index is 1160. The number of anilines is 2. The molecule has 0 aliphatic heterocycles. The minimum absolute atomic E-state index is 0.0775. The predicted molar refractivity (Wildman–Crippen MR) is 134 cm³/mol. The molecular weight excluding hydrogens is 434 g/mol. The van der Waals surface area contributed by atoms with Crippen LogP contribution in [-0.2, 0) is 29.0 Å². The quantitative estimate of drug-likeness (QED) is 0.340. The molecule has 0 radical (unpaired) electrons. The summed E-state index contributed by atoms with van der Waals surface area (Å²) >= 11 is 1.28. The summed E-state index contributed by atoms with van der Waals surface area (Å²) in [5, 5.41) is 14.9. The second kappa shape index (κ2) is 11.5. The third kappa shape index (κ3) is 6.55. The van der Waals surface area contributed by atoms with Gasteiger partial charge in [0.15, 0.2) is 5.16 Å². The highest BCUT2D eigenvalue weighted by atomic mass is 32.2. The average molecular weight is 464 g/mol. The van der Waals surface area contributed by atoms with E-state index in [1.165, 1.54) is 11.8 Å². The molecule has 3 aromatic rings. The molecule has 0 spiro atoms. The summed E-state index contributed by atoms with van der Waals surface area (Å²) < 4.78 is 1.81. The molecule has 2 N–H and O–H groups in total. The van der Waals surface area contributed by atoms with Crippen LogP contribution in [0.2, 0.25) is 0 Å². The lowest BCUT2D eigenvalue weighted by atomic mass is 10.1. The van der Waals surface area contributed by atoms with Crippen LogP contribution in [0.3, 0.4) is 0 Å².